The Bertz CT molecular complexity index is 705. The molecule has 5 nitrogen and oxygen atoms in total. The number of benzene rings is 1. The molecule has 0 bridgehead atoms. The van der Waals surface area contributed by atoms with Crippen molar-refractivity contribution < 1.29 is 13.2 Å². The first-order valence-corrected chi connectivity index (χ1v) is 9.61. The van der Waals surface area contributed by atoms with E-state index in [4.69, 9.17) is 11.6 Å². The molecule has 22 heavy (non-hydrogen) atoms. The van der Waals surface area contributed by atoms with E-state index in [1.54, 1.807) is 11.8 Å². The van der Waals surface area contributed by atoms with Crippen molar-refractivity contribution in [3.05, 3.63) is 34.3 Å². The highest BCUT2D eigenvalue weighted by molar-refractivity contribution is 7.91. The second kappa shape index (κ2) is 5.74. The van der Waals surface area contributed by atoms with E-state index in [-0.39, 0.29) is 36.2 Å². The number of nitrogens with zero attached hydrogens (tertiary/aromatic N) is 1. The maximum Gasteiger partial charge on any atom is 0.318 e. The van der Waals surface area contributed by atoms with E-state index in [1.165, 1.54) is 5.56 Å². The first-order chi connectivity index (χ1) is 10.4. The number of urea groups is 1. The Balaban J connectivity index is 1.69. The van der Waals surface area contributed by atoms with E-state index in [0.29, 0.717) is 5.02 Å². The molecule has 1 aliphatic carbocycles. The Kier molecular flexibility index (Phi) is 4.07. The van der Waals surface area contributed by atoms with Gasteiger partial charge in [0.1, 0.15) is 0 Å². The summed E-state index contributed by atoms with van der Waals surface area (Å²) in [7, 11) is -3.02. The average Bonchev–Trinajstić information content (AvgIpc) is 2.79. The van der Waals surface area contributed by atoms with Gasteiger partial charge in [-0.15, -0.1) is 0 Å². The molecule has 1 heterocycles. The standard InChI is InChI=1S/C15H19ClN2O3S/c1-10-9-22(20,21)7-6-18(10)15(19)17-14-5-2-11-8-12(16)3-4-13(11)14/h3-4,8,10,14H,2,5-7,9H2,1H3,(H,17,19). The predicted octanol–water partition coefficient (Wildman–Crippen LogP) is 2.16. The van der Waals surface area contributed by atoms with E-state index in [9.17, 15) is 13.2 Å². The SMILES string of the molecule is CC1CS(=O)(=O)CCN1C(=O)NC1CCc2cc(Cl)ccc21. The van der Waals surface area contributed by atoms with Crippen molar-refractivity contribution in [2.45, 2.75) is 31.8 Å². The number of carbonyl (C=O) groups excluding carboxylic acids is 1. The summed E-state index contributed by atoms with van der Waals surface area (Å²) in [5, 5.41) is 3.74. The fourth-order valence-corrected chi connectivity index (χ4v) is 5.02. The molecule has 1 fully saturated rings. The lowest BCUT2D eigenvalue weighted by Gasteiger charge is -2.34. The lowest BCUT2D eigenvalue weighted by molar-refractivity contribution is 0.181. The van der Waals surface area contributed by atoms with Crippen LogP contribution in [-0.2, 0) is 16.3 Å². The monoisotopic (exact) mass is 342 g/mol. The van der Waals surface area contributed by atoms with Gasteiger partial charge in [-0.05, 0) is 43.0 Å². The zero-order chi connectivity index (χ0) is 15.9. The fraction of sp³-hybridized carbons (Fsp3) is 0.533. The molecule has 1 aliphatic heterocycles. The highest BCUT2D eigenvalue weighted by Crippen LogP contribution is 2.33. The quantitative estimate of drug-likeness (QED) is 0.850. The number of hydrogen-bond donors (Lipinski definition) is 1. The number of rotatable bonds is 1. The summed E-state index contributed by atoms with van der Waals surface area (Å²) >= 11 is 5.99. The summed E-state index contributed by atoms with van der Waals surface area (Å²) in [6.45, 7) is 2.04. The topological polar surface area (TPSA) is 66.5 Å². The lowest BCUT2D eigenvalue weighted by Crippen LogP contribution is -2.53. The zero-order valence-corrected chi connectivity index (χ0v) is 14.0. The van der Waals surface area contributed by atoms with Crippen molar-refractivity contribution in [3.8, 4) is 0 Å². The van der Waals surface area contributed by atoms with Crippen LogP contribution >= 0.6 is 11.6 Å². The van der Waals surface area contributed by atoms with Crippen LogP contribution < -0.4 is 5.32 Å². The van der Waals surface area contributed by atoms with Gasteiger partial charge in [0.25, 0.3) is 0 Å². The fourth-order valence-electron chi connectivity index (χ4n) is 3.27. The zero-order valence-electron chi connectivity index (χ0n) is 12.4. The molecule has 3 rings (SSSR count). The van der Waals surface area contributed by atoms with Crippen LogP contribution in [0.5, 0.6) is 0 Å². The molecule has 0 saturated carbocycles. The second-order valence-corrected chi connectivity index (χ2v) is 8.71. The van der Waals surface area contributed by atoms with Gasteiger partial charge in [-0.25, -0.2) is 13.2 Å². The first-order valence-electron chi connectivity index (χ1n) is 7.41. The highest BCUT2D eigenvalue weighted by Gasteiger charge is 2.33. The summed E-state index contributed by atoms with van der Waals surface area (Å²) in [6.07, 6.45) is 1.74. The maximum atomic E-state index is 12.4. The van der Waals surface area contributed by atoms with Gasteiger partial charge < -0.3 is 10.2 Å². The number of halogens is 1. The molecule has 2 unspecified atom stereocenters. The Morgan fingerprint density at radius 3 is 2.91 bits per heavy atom. The Morgan fingerprint density at radius 2 is 2.18 bits per heavy atom. The van der Waals surface area contributed by atoms with Gasteiger partial charge in [-0.1, -0.05) is 17.7 Å². The highest BCUT2D eigenvalue weighted by atomic mass is 35.5. The number of nitrogens with one attached hydrogen (secondary N) is 1. The van der Waals surface area contributed by atoms with Crippen molar-refractivity contribution in [1.29, 1.82) is 0 Å². The van der Waals surface area contributed by atoms with Crippen LogP contribution in [0, 0.1) is 0 Å². The summed E-state index contributed by atoms with van der Waals surface area (Å²) in [4.78, 5) is 14.1. The molecular weight excluding hydrogens is 324 g/mol. The van der Waals surface area contributed by atoms with Crippen LogP contribution in [0.1, 0.15) is 30.5 Å². The van der Waals surface area contributed by atoms with Crippen LogP contribution in [0.15, 0.2) is 18.2 Å². The van der Waals surface area contributed by atoms with Gasteiger partial charge in [0.15, 0.2) is 9.84 Å². The third-order valence-electron chi connectivity index (χ3n) is 4.41. The minimum absolute atomic E-state index is 0.0227. The Labute approximate surface area is 135 Å². The van der Waals surface area contributed by atoms with Crippen molar-refractivity contribution in [2.75, 3.05) is 18.1 Å². The number of aryl methyl sites for hydroxylation is 1. The van der Waals surface area contributed by atoms with Crippen molar-refractivity contribution in [3.63, 3.8) is 0 Å². The van der Waals surface area contributed by atoms with Gasteiger partial charge in [0.2, 0.25) is 0 Å². The maximum absolute atomic E-state index is 12.4. The summed E-state index contributed by atoms with van der Waals surface area (Å²) in [5.41, 5.74) is 2.28. The van der Waals surface area contributed by atoms with Gasteiger partial charge in [0, 0.05) is 17.6 Å². The third-order valence-corrected chi connectivity index (χ3v) is 6.44. The van der Waals surface area contributed by atoms with E-state index in [1.807, 2.05) is 18.2 Å². The minimum Gasteiger partial charge on any atom is -0.331 e. The van der Waals surface area contributed by atoms with Crippen molar-refractivity contribution in [2.24, 2.45) is 0 Å². The number of fused-ring (bicyclic) bond motifs is 1. The van der Waals surface area contributed by atoms with E-state index >= 15 is 0 Å². The van der Waals surface area contributed by atoms with E-state index in [0.717, 1.165) is 18.4 Å². The average molecular weight is 343 g/mol. The molecule has 120 valence electrons. The molecule has 1 saturated heterocycles. The van der Waals surface area contributed by atoms with Crippen LogP contribution in [0.3, 0.4) is 0 Å². The van der Waals surface area contributed by atoms with Crippen molar-refractivity contribution >= 4 is 27.5 Å². The molecule has 0 radical (unpaired) electrons. The van der Waals surface area contributed by atoms with Gasteiger partial charge in [-0.3, -0.25) is 0 Å². The summed E-state index contributed by atoms with van der Waals surface area (Å²) in [6, 6.07) is 5.24. The molecule has 2 amide bonds. The van der Waals surface area contributed by atoms with Crippen LogP contribution in [0.4, 0.5) is 4.79 Å². The molecule has 2 atom stereocenters. The lowest BCUT2D eigenvalue weighted by atomic mass is 10.1. The number of amides is 2. The summed E-state index contributed by atoms with van der Waals surface area (Å²) in [5.74, 6) is 0.0822. The second-order valence-electron chi connectivity index (χ2n) is 6.04. The molecule has 0 aromatic heterocycles. The van der Waals surface area contributed by atoms with Crippen molar-refractivity contribution in [1.82, 2.24) is 10.2 Å². The Morgan fingerprint density at radius 1 is 1.41 bits per heavy atom. The normalized spacial score (nSPS) is 26.5. The molecule has 7 heteroatoms. The van der Waals surface area contributed by atoms with Crippen LogP contribution in [-0.4, -0.2) is 43.4 Å². The number of sulfone groups is 1. The van der Waals surface area contributed by atoms with Crippen LogP contribution in [0.2, 0.25) is 5.02 Å². The minimum atomic E-state index is -3.02. The number of carbonyl (C=O) groups is 1. The molecule has 1 N–H and O–H groups in total. The summed E-state index contributed by atoms with van der Waals surface area (Å²) < 4.78 is 23.2. The smallest absolute Gasteiger partial charge is 0.318 e. The van der Waals surface area contributed by atoms with E-state index in [2.05, 4.69) is 5.32 Å². The third kappa shape index (κ3) is 3.08. The molecule has 1 aromatic carbocycles. The largest absolute Gasteiger partial charge is 0.331 e. The number of hydrogen-bond acceptors (Lipinski definition) is 3. The first kappa shape index (κ1) is 15.6. The molecule has 2 aliphatic rings. The van der Waals surface area contributed by atoms with Crippen LogP contribution in [0.25, 0.3) is 0 Å². The molecule has 1 aromatic rings. The van der Waals surface area contributed by atoms with Gasteiger partial charge in [0.05, 0.1) is 17.5 Å². The van der Waals surface area contributed by atoms with E-state index < -0.39 is 9.84 Å². The molecular formula is C15H19ClN2O3S. The molecule has 0 spiro atoms. The van der Waals surface area contributed by atoms with Gasteiger partial charge >= 0.3 is 6.03 Å². The van der Waals surface area contributed by atoms with Gasteiger partial charge in [-0.2, -0.15) is 0 Å². The predicted molar refractivity (Wildman–Crippen MR) is 85.9 cm³/mol. The Hall–Kier alpha value is -1.27.